The summed E-state index contributed by atoms with van der Waals surface area (Å²) in [4.78, 5) is 16.8. The topological polar surface area (TPSA) is 144 Å². The quantitative estimate of drug-likeness (QED) is 0.253. The van der Waals surface area contributed by atoms with Crippen LogP contribution in [0, 0.1) is 0 Å². The van der Waals surface area contributed by atoms with Gasteiger partial charge in [-0.15, -0.1) is 0 Å². The molecule has 1 heterocycles. The minimum absolute atomic E-state index is 0.0556. The zero-order chi connectivity index (χ0) is 29.6. The molecule has 0 saturated heterocycles. The summed E-state index contributed by atoms with van der Waals surface area (Å²) >= 11 is 6.00. The van der Waals surface area contributed by atoms with E-state index in [0.29, 0.717) is 10.8 Å². The lowest BCUT2D eigenvalue weighted by atomic mass is 10.3. The monoisotopic (exact) mass is 616 g/mol. The largest absolute Gasteiger partial charge is 0.493 e. The van der Waals surface area contributed by atoms with Gasteiger partial charge in [0.25, 0.3) is 20.0 Å². The molecule has 4 rings (SSSR count). The van der Waals surface area contributed by atoms with Crippen LogP contribution in [0.3, 0.4) is 0 Å². The Kier molecular flexibility index (Phi) is 9.01. The first kappa shape index (κ1) is 29.6. The maximum atomic E-state index is 13.7. The number of methoxy groups -OCH3 is 2. The van der Waals surface area contributed by atoms with Gasteiger partial charge in [0.2, 0.25) is 5.91 Å². The third kappa shape index (κ3) is 7.06. The van der Waals surface area contributed by atoms with Crippen LogP contribution in [0.25, 0.3) is 0 Å². The van der Waals surface area contributed by atoms with Crippen molar-refractivity contribution in [3.05, 3.63) is 96.1 Å². The van der Waals surface area contributed by atoms with Crippen LogP contribution in [-0.2, 0) is 24.8 Å². The Bertz CT molecular complexity index is 1740. The van der Waals surface area contributed by atoms with Crippen LogP contribution >= 0.6 is 11.6 Å². The van der Waals surface area contributed by atoms with Crippen molar-refractivity contribution in [2.45, 2.75) is 9.79 Å². The van der Waals surface area contributed by atoms with Crippen LogP contribution < -0.4 is 23.8 Å². The number of sulfonamides is 2. The van der Waals surface area contributed by atoms with Gasteiger partial charge in [-0.3, -0.25) is 13.8 Å². The van der Waals surface area contributed by atoms with Crippen molar-refractivity contribution in [1.29, 1.82) is 0 Å². The number of halogens is 1. The molecular formula is C27H25ClN4O7S2. The Morgan fingerprint density at radius 1 is 0.854 bits per heavy atom. The van der Waals surface area contributed by atoms with E-state index < -0.39 is 32.5 Å². The molecule has 0 aliphatic heterocycles. The number of rotatable bonds is 11. The summed E-state index contributed by atoms with van der Waals surface area (Å²) in [5.41, 5.74) is 0.452. The van der Waals surface area contributed by atoms with Crippen molar-refractivity contribution in [3.8, 4) is 11.5 Å². The summed E-state index contributed by atoms with van der Waals surface area (Å²) in [5.74, 6) is 0.0127. The highest BCUT2D eigenvalue weighted by Crippen LogP contribution is 2.32. The maximum Gasteiger partial charge on any atom is 0.264 e. The number of anilines is 3. The number of nitrogens with one attached hydrogen (secondary N) is 2. The second-order valence-electron chi connectivity index (χ2n) is 8.40. The van der Waals surface area contributed by atoms with E-state index in [2.05, 4.69) is 15.0 Å². The molecule has 1 amide bonds. The molecule has 1 aromatic heterocycles. The Morgan fingerprint density at radius 3 is 2.12 bits per heavy atom. The zero-order valence-corrected chi connectivity index (χ0v) is 24.2. The van der Waals surface area contributed by atoms with E-state index >= 15 is 0 Å². The first-order valence-electron chi connectivity index (χ1n) is 11.9. The van der Waals surface area contributed by atoms with Gasteiger partial charge in [0, 0.05) is 23.0 Å². The summed E-state index contributed by atoms with van der Waals surface area (Å²) in [6.45, 7) is -0.598. The van der Waals surface area contributed by atoms with Gasteiger partial charge in [0.05, 0.1) is 29.7 Å². The fourth-order valence-electron chi connectivity index (χ4n) is 3.69. The second kappa shape index (κ2) is 12.5. The fraction of sp³-hybridized carbons (Fsp3) is 0.111. The minimum Gasteiger partial charge on any atom is -0.493 e. The fourth-order valence-corrected chi connectivity index (χ4v) is 6.27. The Hall–Kier alpha value is -4.33. The average molecular weight is 617 g/mol. The van der Waals surface area contributed by atoms with Gasteiger partial charge in [-0.2, -0.15) is 0 Å². The Labute approximate surface area is 242 Å². The molecule has 11 nitrogen and oxygen atoms in total. The lowest BCUT2D eigenvalue weighted by Crippen LogP contribution is -2.38. The number of aromatic nitrogens is 1. The average Bonchev–Trinajstić information content (AvgIpc) is 2.96. The third-order valence-corrected chi connectivity index (χ3v) is 9.09. The van der Waals surface area contributed by atoms with E-state index in [9.17, 15) is 21.6 Å². The van der Waals surface area contributed by atoms with Crippen molar-refractivity contribution in [2.24, 2.45) is 0 Å². The predicted molar refractivity (Wildman–Crippen MR) is 156 cm³/mol. The lowest BCUT2D eigenvalue weighted by molar-refractivity contribution is -0.114. The van der Waals surface area contributed by atoms with E-state index in [1.54, 1.807) is 12.1 Å². The normalized spacial score (nSPS) is 11.4. The molecule has 0 unspecified atom stereocenters. The van der Waals surface area contributed by atoms with Crippen molar-refractivity contribution >= 4 is 54.7 Å². The van der Waals surface area contributed by atoms with Crippen LogP contribution in [0.5, 0.6) is 11.5 Å². The summed E-state index contributed by atoms with van der Waals surface area (Å²) in [6, 6.07) is 20.2. The summed E-state index contributed by atoms with van der Waals surface area (Å²) < 4.78 is 66.5. The van der Waals surface area contributed by atoms with Gasteiger partial charge in [-0.05, 0) is 72.8 Å². The molecular weight excluding hydrogens is 592 g/mol. The van der Waals surface area contributed by atoms with Gasteiger partial charge in [-0.25, -0.2) is 21.8 Å². The van der Waals surface area contributed by atoms with E-state index in [0.717, 1.165) is 4.31 Å². The van der Waals surface area contributed by atoms with E-state index in [-0.39, 0.29) is 32.7 Å². The molecule has 0 saturated carbocycles. The number of ether oxygens (including phenoxy) is 2. The number of hydrogen-bond acceptors (Lipinski definition) is 8. The molecule has 0 aliphatic rings. The van der Waals surface area contributed by atoms with Gasteiger partial charge in [-0.1, -0.05) is 17.7 Å². The van der Waals surface area contributed by atoms with Crippen LogP contribution in [0.2, 0.25) is 5.02 Å². The second-order valence-corrected chi connectivity index (χ2v) is 12.4. The summed E-state index contributed by atoms with van der Waals surface area (Å²) in [7, 11) is -5.38. The number of nitrogens with zero attached hydrogens (tertiary/aromatic N) is 2. The highest BCUT2D eigenvalue weighted by Gasteiger charge is 2.28. The van der Waals surface area contributed by atoms with Crippen LogP contribution in [0.1, 0.15) is 0 Å². The lowest BCUT2D eigenvalue weighted by Gasteiger charge is -2.24. The first-order valence-corrected chi connectivity index (χ1v) is 15.2. The SMILES string of the molecule is COc1ccc(S(=O)(=O)N(CC(=O)Nc2ccc(S(=O)(=O)Nc3ccccn3)cc2)c2ccc(Cl)cc2)cc1OC. The van der Waals surface area contributed by atoms with E-state index in [1.807, 2.05) is 0 Å². The van der Waals surface area contributed by atoms with E-state index in [4.69, 9.17) is 21.1 Å². The third-order valence-electron chi connectivity index (χ3n) is 5.70. The molecule has 0 aliphatic carbocycles. The highest BCUT2D eigenvalue weighted by molar-refractivity contribution is 7.93. The van der Waals surface area contributed by atoms with Crippen LogP contribution in [-0.4, -0.2) is 48.5 Å². The van der Waals surface area contributed by atoms with E-state index in [1.165, 1.54) is 93.2 Å². The van der Waals surface area contributed by atoms with Crippen LogP contribution in [0.15, 0.2) is 101 Å². The summed E-state index contributed by atoms with van der Waals surface area (Å²) in [5, 5.41) is 2.99. The van der Waals surface area contributed by atoms with Crippen molar-refractivity contribution in [2.75, 3.05) is 35.1 Å². The minimum atomic E-state index is -4.27. The molecule has 0 atom stereocenters. The van der Waals surface area contributed by atoms with Crippen LogP contribution in [0.4, 0.5) is 17.2 Å². The number of amides is 1. The first-order chi connectivity index (χ1) is 19.5. The molecule has 14 heteroatoms. The standard InChI is InChI=1S/C27H25ClN4O7S2/c1-38-24-15-14-23(17-25(24)39-2)41(36,37)32(21-10-6-19(28)7-11-21)18-27(33)30-20-8-12-22(13-9-20)40(34,35)31-26-5-3-4-16-29-26/h3-17H,18H2,1-2H3,(H,29,31)(H,30,33). The molecule has 4 aromatic rings. The van der Waals surface area contributed by atoms with Crippen molar-refractivity contribution in [3.63, 3.8) is 0 Å². The molecule has 3 aromatic carbocycles. The number of hydrogen-bond donors (Lipinski definition) is 2. The molecule has 2 N–H and O–H groups in total. The molecule has 0 bridgehead atoms. The number of carbonyl (C=O) groups is 1. The van der Waals surface area contributed by atoms with Gasteiger partial charge < -0.3 is 14.8 Å². The maximum absolute atomic E-state index is 13.7. The number of pyridine rings is 1. The van der Waals surface area contributed by atoms with Gasteiger partial charge in [0.15, 0.2) is 11.5 Å². The Balaban J connectivity index is 1.56. The molecule has 214 valence electrons. The van der Waals surface area contributed by atoms with Crippen molar-refractivity contribution < 1.29 is 31.1 Å². The Morgan fingerprint density at radius 2 is 1.51 bits per heavy atom. The zero-order valence-electron chi connectivity index (χ0n) is 21.8. The van der Waals surface area contributed by atoms with Gasteiger partial charge >= 0.3 is 0 Å². The smallest absolute Gasteiger partial charge is 0.264 e. The molecule has 41 heavy (non-hydrogen) atoms. The summed E-state index contributed by atoms with van der Waals surface area (Å²) in [6.07, 6.45) is 1.45. The highest BCUT2D eigenvalue weighted by atomic mass is 35.5. The van der Waals surface area contributed by atoms with Crippen molar-refractivity contribution in [1.82, 2.24) is 4.98 Å². The number of benzene rings is 3. The number of carbonyl (C=O) groups excluding carboxylic acids is 1. The predicted octanol–water partition coefficient (Wildman–Crippen LogP) is 4.39. The molecule has 0 radical (unpaired) electrons. The molecule has 0 spiro atoms. The molecule has 0 fully saturated rings. The van der Waals surface area contributed by atoms with Gasteiger partial charge in [0.1, 0.15) is 12.4 Å².